The van der Waals surface area contributed by atoms with Crippen LogP contribution in [0.5, 0.6) is 0 Å². The number of nitrogens with zero attached hydrogens (tertiary/aromatic N) is 2. The molecule has 1 aliphatic heterocycles. The summed E-state index contributed by atoms with van der Waals surface area (Å²) >= 11 is 0. The molecule has 1 aromatic heterocycles. The number of nitrogens with one attached hydrogen (secondary N) is 1. The summed E-state index contributed by atoms with van der Waals surface area (Å²) in [6, 6.07) is 8.84. The zero-order valence-corrected chi connectivity index (χ0v) is 20.0. The van der Waals surface area contributed by atoms with Crippen molar-refractivity contribution in [2.75, 3.05) is 13.2 Å². The smallest absolute Gasteiger partial charge is 0.261 e. The molecule has 2 fully saturated rings. The highest BCUT2D eigenvalue weighted by Gasteiger charge is 2.30. The molecule has 5 rings (SSSR count). The van der Waals surface area contributed by atoms with Gasteiger partial charge in [-0.2, -0.15) is 0 Å². The number of aromatic nitrogens is 2. The average molecular weight is 480 g/mol. The number of alkyl halides is 1. The van der Waals surface area contributed by atoms with Gasteiger partial charge in [0.2, 0.25) is 0 Å². The molecule has 35 heavy (non-hydrogen) atoms. The van der Waals surface area contributed by atoms with Crippen LogP contribution in [0.3, 0.4) is 0 Å². The first-order chi connectivity index (χ1) is 16.8. The van der Waals surface area contributed by atoms with E-state index in [1.54, 1.807) is 12.1 Å². The SMILES string of the molecule is Cc1c(Cc2ccc(C(=O)NC3CC(F)C3)cc2)cc2c(=O)n([C@H]3CCOC[C@@H]3O)cnc2c1C. The summed E-state index contributed by atoms with van der Waals surface area (Å²) in [6.45, 7) is 4.70. The van der Waals surface area contributed by atoms with Crippen LogP contribution in [0.15, 0.2) is 41.5 Å². The third-order valence-corrected chi connectivity index (χ3v) is 7.42. The fourth-order valence-electron chi connectivity index (χ4n) is 5.00. The summed E-state index contributed by atoms with van der Waals surface area (Å²) < 4.78 is 19.9. The van der Waals surface area contributed by atoms with E-state index in [1.807, 2.05) is 32.0 Å². The predicted molar refractivity (Wildman–Crippen MR) is 131 cm³/mol. The van der Waals surface area contributed by atoms with Crippen LogP contribution in [0, 0.1) is 13.8 Å². The van der Waals surface area contributed by atoms with E-state index in [1.165, 1.54) is 10.9 Å². The number of amides is 1. The first-order valence-corrected chi connectivity index (χ1v) is 12.1. The summed E-state index contributed by atoms with van der Waals surface area (Å²) in [5.41, 5.74) is 5.11. The van der Waals surface area contributed by atoms with Gasteiger partial charge in [0.15, 0.2) is 0 Å². The lowest BCUT2D eigenvalue weighted by molar-refractivity contribution is -0.0395. The lowest BCUT2D eigenvalue weighted by atomic mass is 9.90. The Morgan fingerprint density at radius 3 is 2.66 bits per heavy atom. The molecule has 7 nitrogen and oxygen atoms in total. The van der Waals surface area contributed by atoms with Crippen LogP contribution in [0.4, 0.5) is 4.39 Å². The van der Waals surface area contributed by atoms with Crippen LogP contribution in [0.25, 0.3) is 10.9 Å². The van der Waals surface area contributed by atoms with Gasteiger partial charge in [-0.25, -0.2) is 9.37 Å². The third-order valence-electron chi connectivity index (χ3n) is 7.42. The molecule has 1 saturated carbocycles. The van der Waals surface area contributed by atoms with E-state index in [4.69, 9.17) is 4.74 Å². The summed E-state index contributed by atoms with van der Waals surface area (Å²) in [5, 5.41) is 13.7. The fraction of sp³-hybridized carbons (Fsp3) is 0.444. The first-order valence-electron chi connectivity index (χ1n) is 12.1. The Bertz CT molecular complexity index is 1310. The highest BCUT2D eigenvalue weighted by molar-refractivity contribution is 5.94. The molecule has 2 heterocycles. The second kappa shape index (κ2) is 9.51. The maximum absolute atomic E-state index is 13.4. The highest BCUT2D eigenvalue weighted by Crippen LogP contribution is 2.26. The van der Waals surface area contributed by atoms with Crippen molar-refractivity contribution in [2.45, 2.75) is 63.9 Å². The zero-order chi connectivity index (χ0) is 24.7. The molecular formula is C27H30FN3O4. The molecule has 0 unspecified atom stereocenters. The minimum absolute atomic E-state index is 0.0830. The van der Waals surface area contributed by atoms with Crippen molar-refractivity contribution in [2.24, 2.45) is 0 Å². The van der Waals surface area contributed by atoms with Gasteiger partial charge in [0.1, 0.15) is 6.17 Å². The molecule has 2 atom stereocenters. The second-order valence-electron chi connectivity index (χ2n) is 9.75. The Kier molecular flexibility index (Phi) is 6.42. The van der Waals surface area contributed by atoms with Crippen LogP contribution in [-0.2, 0) is 11.2 Å². The summed E-state index contributed by atoms with van der Waals surface area (Å²) in [5.74, 6) is -0.187. The Morgan fingerprint density at radius 2 is 1.97 bits per heavy atom. The number of fused-ring (bicyclic) bond motifs is 1. The van der Waals surface area contributed by atoms with Crippen molar-refractivity contribution in [3.63, 3.8) is 0 Å². The van der Waals surface area contributed by atoms with E-state index in [2.05, 4.69) is 10.3 Å². The monoisotopic (exact) mass is 479 g/mol. The number of aliphatic hydroxyl groups is 1. The fourth-order valence-corrected chi connectivity index (χ4v) is 5.00. The van der Waals surface area contributed by atoms with Crippen LogP contribution >= 0.6 is 0 Å². The number of halogens is 1. The topological polar surface area (TPSA) is 93.5 Å². The lowest BCUT2D eigenvalue weighted by Crippen LogP contribution is -2.45. The zero-order valence-electron chi connectivity index (χ0n) is 20.0. The summed E-state index contributed by atoms with van der Waals surface area (Å²) in [6.07, 6.45) is 1.91. The predicted octanol–water partition coefficient (Wildman–Crippen LogP) is 3.16. The number of hydrogen-bond acceptors (Lipinski definition) is 5. The number of benzene rings is 2. The molecule has 1 saturated heterocycles. The molecular weight excluding hydrogens is 449 g/mol. The molecule has 8 heteroatoms. The Hall–Kier alpha value is -3.10. The molecule has 0 spiro atoms. The van der Waals surface area contributed by atoms with Gasteiger partial charge in [-0.1, -0.05) is 12.1 Å². The maximum Gasteiger partial charge on any atom is 0.261 e. The molecule has 1 amide bonds. The Labute approximate surface area is 202 Å². The molecule has 1 aliphatic carbocycles. The minimum Gasteiger partial charge on any atom is -0.389 e. The largest absolute Gasteiger partial charge is 0.389 e. The van der Waals surface area contributed by atoms with Gasteiger partial charge in [0, 0.05) is 18.2 Å². The first kappa shape index (κ1) is 23.6. The Morgan fingerprint density at radius 1 is 1.23 bits per heavy atom. The number of rotatable bonds is 5. The van der Waals surface area contributed by atoms with Gasteiger partial charge in [-0.3, -0.25) is 14.2 Å². The van der Waals surface area contributed by atoms with Crippen LogP contribution < -0.4 is 10.9 Å². The van der Waals surface area contributed by atoms with Gasteiger partial charge in [0.25, 0.3) is 11.5 Å². The van der Waals surface area contributed by atoms with Gasteiger partial charge in [-0.05, 0) is 80.0 Å². The highest BCUT2D eigenvalue weighted by atomic mass is 19.1. The van der Waals surface area contributed by atoms with Crippen molar-refractivity contribution in [1.29, 1.82) is 0 Å². The second-order valence-corrected chi connectivity index (χ2v) is 9.75. The standard InChI is InChI=1S/C27H30FN3O4/c1-15-16(2)25-22(27(34)31(14-29-25)23-7-8-35-13-24(23)32)10-19(15)9-17-3-5-18(6-4-17)26(33)30-21-11-20(28)12-21/h3-6,10,14,20-21,23-24,32H,7-9,11-13H2,1-2H3,(H,30,33)/t20?,21?,23-,24-/m0/s1. The minimum atomic E-state index is -0.808. The average Bonchev–Trinajstić information content (AvgIpc) is 2.83. The number of aliphatic hydroxyl groups excluding tert-OH is 1. The molecule has 184 valence electrons. The van der Waals surface area contributed by atoms with Crippen LogP contribution in [-0.4, -0.2) is 52.1 Å². The lowest BCUT2D eigenvalue weighted by Gasteiger charge is -2.30. The van der Waals surface area contributed by atoms with Gasteiger partial charge >= 0.3 is 0 Å². The number of hydrogen-bond donors (Lipinski definition) is 2. The van der Waals surface area contributed by atoms with Crippen molar-refractivity contribution >= 4 is 16.8 Å². The maximum atomic E-state index is 13.4. The third kappa shape index (κ3) is 4.60. The van der Waals surface area contributed by atoms with Crippen LogP contribution in [0.2, 0.25) is 0 Å². The molecule has 2 N–H and O–H groups in total. The summed E-state index contributed by atoms with van der Waals surface area (Å²) in [7, 11) is 0. The number of carbonyl (C=O) groups is 1. The number of carbonyl (C=O) groups excluding carboxylic acids is 1. The quantitative estimate of drug-likeness (QED) is 0.587. The Balaban J connectivity index is 1.41. The van der Waals surface area contributed by atoms with Crippen molar-refractivity contribution in [3.05, 3.63) is 74.8 Å². The number of aryl methyl sites for hydroxylation is 1. The van der Waals surface area contributed by atoms with E-state index in [0.717, 1.165) is 22.3 Å². The molecule has 0 bridgehead atoms. The van der Waals surface area contributed by atoms with E-state index in [9.17, 15) is 19.1 Å². The molecule has 0 radical (unpaired) electrons. The van der Waals surface area contributed by atoms with Gasteiger partial charge < -0.3 is 15.2 Å². The van der Waals surface area contributed by atoms with Crippen LogP contribution in [0.1, 0.15) is 57.9 Å². The van der Waals surface area contributed by atoms with E-state index in [-0.39, 0.29) is 30.2 Å². The normalized spacial score (nSPS) is 24.2. The number of ether oxygens (including phenoxy) is 1. The van der Waals surface area contributed by atoms with Crippen molar-refractivity contribution < 1.29 is 19.0 Å². The van der Waals surface area contributed by atoms with Gasteiger partial charge in [0.05, 0.1) is 36.0 Å². The van der Waals surface area contributed by atoms with E-state index < -0.39 is 12.3 Å². The summed E-state index contributed by atoms with van der Waals surface area (Å²) in [4.78, 5) is 30.4. The molecule has 2 aromatic carbocycles. The molecule has 3 aromatic rings. The van der Waals surface area contributed by atoms with Gasteiger partial charge in [-0.15, -0.1) is 0 Å². The van der Waals surface area contributed by atoms with E-state index in [0.29, 0.717) is 48.8 Å². The molecule has 2 aliphatic rings. The van der Waals surface area contributed by atoms with Crippen molar-refractivity contribution in [3.8, 4) is 0 Å². The van der Waals surface area contributed by atoms with E-state index >= 15 is 0 Å². The van der Waals surface area contributed by atoms with Crippen molar-refractivity contribution in [1.82, 2.24) is 14.9 Å².